The summed E-state index contributed by atoms with van der Waals surface area (Å²) < 4.78 is 54.0. The lowest BCUT2D eigenvalue weighted by molar-refractivity contribution is -0.151. The van der Waals surface area contributed by atoms with Gasteiger partial charge in [0.05, 0.1) is 6.33 Å². The highest BCUT2D eigenvalue weighted by Crippen LogP contribution is 2.48. The molecule has 57 heavy (non-hydrogen) atoms. The Morgan fingerprint density at radius 3 is 2.18 bits per heavy atom. The molecule has 3 heterocycles. The summed E-state index contributed by atoms with van der Waals surface area (Å²) in [6.45, 7) is 5.38. The molecular formula is C42H64FN6O7P. The van der Waals surface area contributed by atoms with E-state index in [1.165, 1.54) is 75.1 Å². The molecule has 4 rings (SSSR count). The van der Waals surface area contributed by atoms with Gasteiger partial charge in [0, 0.05) is 6.42 Å². The molecule has 0 unspecified atom stereocenters. The Balaban J connectivity index is 1.41. The molecule has 3 aromatic rings. The van der Waals surface area contributed by atoms with Gasteiger partial charge in [0.2, 0.25) is 0 Å². The van der Waals surface area contributed by atoms with Gasteiger partial charge in [-0.05, 0) is 44.7 Å². The highest BCUT2D eigenvalue weighted by atomic mass is 31.2. The van der Waals surface area contributed by atoms with Crippen LogP contribution in [-0.2, 0) is 23.4 Å². The summed E-state index contributed by atoms with van der Waals surface area (Å²) in [6.07, 6.45) is 24.0. The maximum absolute atomic E-state index is 14.5. The molecule has 13 nitrogen and oxygen atoms in total. The van der Waals surface area contributed by atoms with Crippen LogP contribution < -0.4 is 15.3 Å². The molecule has 15 heteroatoms. The highest BCUT2D eigenvalue weighted by molar-refractivity contribution is 7.52. The Labute approximate surface area is 338 Å². The highest BCUT2D eigenvalue weighted by Gasteiger charge is 2.50. The first kappa shape index (κ1) is 46.1. The fourth-order valence-electron chi connectivity index (χ4n) is 7.07. The minimum atomic E-state index is -4.39. The normalized spacial score (nSPS) is 19.7. The topological polar surface area (TPSA) is 173 Å². The number of nitrogens with zero attached hydrogens (tertiary/aromatic N) is 4. The number of halogens is 1. The zero-order chi connectivity index (χ0) is 41.1. The van der Waals surface area contributed by atoms with Crippen LogP contribution in [0.5, 0.6) is 5.75 Å². The van der Waals surface area contributed by atoms with Crippen LogP contribution in [0.2, 0.25) is 0 Å². The number of terminal acetylenes is 1. The number of aromatic nitrogens is 4. The summed E-state index contributed by atoms with van der Waals surface area (Å²) in [4.78, 5) is 25.1. The van der Waals surface area contributed by atoms with Gasteiger partial charge in [-0.2, -0.15) is 19.4 Å². The lowest BCUT2D eigenvalue weighted by atomic mass is 9.99. The van der Waals surface area contributed by atoms with Gasteiger partial charge in [-0.3, -0.25) is 13.9 Å². The predicted octanol–water partition coefficient (Wildman–Crippen LogP) is 9.35. The Hall–Kier alpha value is -3.60. The number of aliphatic hydroxyl groups is 1. The second-order valence-electron chi connectivity index (χ2n) is 15.2. The summed E-state index contributed by atoms with van der Waals surface area (Å²) >= 11 is 0. The molecule has 0 spiro atoms. The van der Waals surface area contributed by atoms with Crippen molar-refractivity contribution in [1.82, 2.24) is 24.6 Å². The third-order valence-electron chi connectivity index (χ3n) is 10.5. The van der Waals surface area contributed by atoms with Gasteiger partial charge >= 0.3 is 19.8 Å². The molecular weight excluding hydrogens is 750 g/mol. The van der Waals surface area contributed by atoms with E-state index in [2.05, 4.69) is 39.8 Å². The van der Waals surface area contributed by atoms with Gasteiger partial charge in [-0.25, -0.2) is 9.55 Å². The lowest BCUT2D eigenvalue weighted by Crippen LogP contribution is -2.44. The summed E-state index contributed by atoms with van der Waals surface area (Å²) in [6, 6.07) is 7.25. The molecule has 316 valence electrons. The van der Waals surface area contributed by atoms with Crippen LogP contribution in [0.15, 0.2) is 36.7 Å². The van der Waals surface area contributed by atoms with Crippen LogP contribution in [0.4, 0.5) is 10.2 Å². The van der Waals surface area contributed by atoms with Crippen LogP contribution in [0.25, 0.3) is 11.2 Å². The van der Waals surface area contributed by atoms with Crippen molar-refractivity contribution in [3.63, 3.8) is 0 Å². The molecule has 0 saturated carbocycles. The van der Waals surface area contributed by atoms with Crippen LogP contribution in [0, 0.1) is 18.4 Å². The molecule has 0 amide bonds. The smallest absolute Gasteiger partial charge is 0.459 e. The zero-order valence-electron chi connectivity index (χ0n) is 34.1. The van der Waals surface area contributed by atoms with Crippen molar-refractivity contribution in [2.75, 3.05) is 12.3 Å². The SMILES string of the molecule is C#C[C@]1(CO[P@](=O)(N[C@@H](C)C(=O)OC(CCCCCCCCCC)CCCCCCCCCC)Oc2ccccc2)O[C@@H](n2cnc3c(N)nc(F)nc32)C[C@@H]1O. The fourth-order valence-corrected chi connectivity index (χ4v) is 8.59. The van der Waals surface area contributed by atoms with Gasteiger partial charge in [-0.1, -0.05) is 128 Å². The van der Waals surface area contributed by atoms with E-state index in [4.69, 9.17) is 30.7 Å². The number of benzene rings is 1. The number of esters is 1. The van der Waals surface area contributed by atoms with E-state index in [9.17, 15) is 18.9 Å². The van der Waals surface area contributed by atoms with E-state index in [0.717, 1.165) is 51.4 Å². The van der Waals surface area contributed by atoms with Crippen LogP contribution in [0.3, 0.4) is 0 Å². The van der Waals surface area contributed by atoms with Crippen molar-refractivity contribution in [1.29, 1.82) is 0 Å². The average molecular weight is 815 g/mol. The first-order chi connectivity index (χ1) is 27.5. The number of rotatable bonds is 28. The van der Waals surface area contributed by atoms with E-state index < -0.39 is 50.4 Å². The Kier molecular flexibility index (Phi) is 19.2. The average Bonchev–Trinajstić information content (AvgIpc) is 3.77. The summed E-state index contributed by atoms with van der Waals surface area (Å²) in [7, 11) is -4.39. The second kappa shape index (κ2) is 23.7. The summed E-state index contributed by atoms with van der Waals surface area (Å²) in [5.74, 6) is 1.92. The molecule has 4 N–H and O–H groups in total. The molecule has 0 bridgehead atoms. The molecule has 1 fully saturated rings. The van der Waals surface area contributed by atoms with Gasteiger partial charge < -0.3 is 24.8 Å². The predicted molar refractivity (Wildman–Crippen MR) is 220 cm³/mol. The summed E-state index contributed by atoms with van der Waals surface area (Å²) in [5.41, 5.74) is 4.19. The number of ether oxygens (including phenoxy) is 2. The maximum Gasteiger partial charge on any atom is 0.459 e. The quantitative estimate of drug-likeness (QED) is 0.0209. The first-order valence-corrected chi connectivity index (χ1v) is 22.5. The minimum Gasteiger partial charge on any atom is -0.461 e. The Bertz CT molecular complexity index is 1720. The number of carbonyl (C=O) groups is 1. The number of aliphatic hydroxyl groups excluding tert-OH is 1. The zero-order valence-corrected chi connectivity index (χ0v) is 35.0. The van der Waals surface area contributed by atoms with Gasteiger partial charge in [0.1, 0.15) is 36.8 Å². The largest absolute Gasteiger partial charge is 0.461 e. The standard InChI is InChI=1S/C42H64FN6O7P/c1-5-8-10-12-14-16-18-21-25-33(26-22-19-17-15-13-11-9-6-2)54-40(51)32(4)48-57(52,56-34-27-23-20-24-28-34)53-30-42(7-3)35(50)29-36(55-42)49-31-45-37-38(44)46-41(43)47-39(37)49/h3,20,23-24,27-28,31-33,35-36,50H,5-6,8-19,21-22,25-26,29-30H2,1-2,4H3,(H,48,52)(H2,44,46,47)/t32-,35-,36+,42+,57+/m0/s1. The van der Waals surface area contributed by atoms with Crippen LogP contribution in [0.1, 0.15) is 149 Å². The number of imidazole rings is 1. The molecule has 1 aliphatic rings. The Morgan fingerprint density at radius 2 is 1.60 bits per heavy atom. The van der Waals surface area contributed by atoms with Crippen molar-refractivity contribution in [3.05, 3.63) is 42.7 Å². The van der Waals surface area contributed by atoms with Crippen molar-refractivity contribution in [2.24, 2.45) is 0 Å². The number of nitrogens with two attached hydrogens (primary N) is 1. The van der Waals surface area contributed by atoms with Crippen LogP contribution >= 0.6 is 7.75 Å². The third-order valence-corrected chi connectivity index (χ3v) is 12.1. The lowest BCUT2D eigenvalue weighted by Gasteiger charge is -2.30. The van der Waals surface area contributed by atoms with E-state index in [1.807, 2.05) is 0 Å². The van der Waals surface area contributed by atoms with E-state index >= 15 is 0 Å². The first-order valence-electron chi connectivity index (χ1n) is 21.0. The number of hydrogen-bond acceptors (Lipinski definition) is 11. The number of hydrogen-bond donors (Lipinski definition) is 3. The number of unbranched alkanes of at least 4 members (excludes halogenated alkanes) is 14. The van der Waals surface area contributed by atoms with E-state index in [0.29, 0.717) is 0 Å². The molecule has 5 atom stereocenters. The number of nitrogen functional groups attached to an aromatic ring is 1. The van der Waals surface area contributed by atoms with Gasteiger partial charge in [-0.15, -0.1) is 6.42 Å². The number of fused-ring (bicyclic) bond motifs is 1. The molecule has 0 aliphatic carbocycles. The van der Waals surface area contributed by atoms with Crippen LogP contribution in [-0.4, -0.2) is 61.1 Å². The number of carbonyl (C=O) groups excluding carboxylic acids is 1. The number of para-hydroxylation sites is 1. The second-order valence-corrected chi connectivity index (χ2v) is 16.9. The third kappa shape index (κ3) is 14.3. The van der Waals surface area contributed by atoms with Gasteiger partial charge in [0.15, 0.2) is 22.6 Å². The molecule has 1 saturated heterocycles. The van der Waals surface area contributed by atoms with Gasteiger partial charge in [0.25, 0.3) is 0 Å². The maximum atomic E-state index is 14.5. The molecule has 0 radical (unpaired) electrons. The van der Waals surface area contributed by atoms with Crippen molar-refractivity contribution >= 4 is 30.7 Å². The monoisotopic (exact) mass is 814 g/mol. The van der Waals surface area contributed by atoms with Crippen molar-refractivity contribution in [3.8, 4) is 18.1 Å². The Morgan fingerprint density at radius 1 is 1.02 bits per heavy atom. The van der Waals surface area contributed by atoms with Crippen molar-refractivity contribution < 1.29 is 37.4 Å². The molecule has 1 aliphatic heterocycles. The number of anilines is 1. The molecule has 2 aromatic heterocycles. The van der Waals surface area contributed by atoms with E-state index in [1.54, 1.807) is 37.3 Å². The number of nitrogens with one attached hydrogen (secondary N) is 1. The summed E-state index contributed by atoms with van der Waals surface area (Å²) in [5, 5.41) is 14.0. The van der Waals surface area contributed by atoms with E-state index in [-0.39, 0.29) is 35.3 Å². The minimum absolute atomic E-state index is 0.0427. The molecule has 1 aromatic carbocycles. The fraction of sp³-hybridized carbons (Fsp3) is 0.667. The van der Waals surface area contributed by atoms with Crippen molar-refractivity contribution in [2.45, 2.75) is 173 Å².